The molecule has 1 N–H and O–H groups in total. The highest BCUT2D eigenvalue weighted by Crippen LogP contribution is 2.32. The minimum absolute atomic E-state index is 0.115. The Balaban J connectivity index is 1.69. The fourth-order valence-electron chi connectivity index (χ4n) is 2.93. The molecule has 3 rings (SSSR count). The fraction of sp³-hybridized carbons (Fsp3) is 0.389. The van der Waals surface area contributed by atoms with Crippen molar-refractivity contribution in [3.63, 3.8) is 0 Å². The molecule has 0 unspecified atom stereocenters. The molecule has 1 fully saturated rings. The zero-order valence-corrected chi connectivity index (χ0v) is 17.2. The molecule has 10 heteroatoms. The van der Waals surface area contributed by atoms with Crippen molar-refractivity contribution in [1.82, 2.24) is 4.31 Å². The molecule has 0 bridgehead atoms. The van der Waals surface area contributed by atoms with Gasteiger partial charge in [-0.05, 0) is 48.6 Å². The van der Waals surface area contributed by atoms with E-state index in [1.807, 2.05) is 0 Å². The summed E-state index contributed by atoms with van der Waals surface area (Å²) in [5.41, 5.74) is 0.566. The van der Waals surface area contributed by atoms with E-state index in [9.17, 15) is 23.3 Å². The summed E-state index contributed by atoms with van der Waals surface area (Å²) < 4.78 is 27.1. The first-order valence-electron chi connectivity index (χ1n) is 8.74. The average Bonchev–Trinajstić information content (AvgIpc) is 3.12. The Labute approximate surface area is 167 Å². The quantitative estimate of drug-likeness (QED) is 0.582. The number of nitrogens with one attached hydrogen (secondary N) is 1. The third-order valence-corrected chi connectivity index (χ3v) is 7.77. The molecule has 8 nitrogen and oxygen atoms in total. The number of piperidine rings is 1. The number of hydrogen-bond donors (Lipinski definition) is 1. The lowest BCUT2D eigenvalue weighted by atomic mass is 9.83. The highest BCUT2D eigenvalue weighted by Gasteiger charge is 2.32. The van der Waals surface area contributed by atoms with Gasteiger partial charge in [-0.25, -0.2) is 8.42 Å². The highest BCUT2D eigenvalue weighted by molar-refractivity contribution is 7.89. The summed E-state index contributed by atoms with van der Waals surface area (Å²) in [6.45, 7) is 5.25. The maximum Gasteiger partial charge on any atom is 0.324 e. The molecule has 1 amide bonds. The molecule has 0 aliphatic carbocycles. The van der Waals surface area contributed by atoms with Gasteiger partial charge in [-0.15, -0.1) is 0 Å². The summed E-state index contributed by atoms with van der Waals surface area (Å²) >= 11 is 0.781. The Morgan fingerprint density at radius 1 is 1.14 bits per heavy atom. The van der Waals surface area contributed by atoms with Crippen molar-refractivity contribution in [2.75, 3.05) is 18.4 Å². The molecular formula is C18H21N3O5S2. The van der Waals surface area contributed by atoms with E-state index in [1.54, 1.807) is 0 Å². The zero-order valence-electron chi connectivity index (χ0n) is 15.5. The summed E-state index contributed by atoms with van der Waals surface area (Å²) in [5, 5.41) is 13.2. The van der Waals surface area contributed by atoms with E-state index in [0.717, 1.165) is 24.2 Å². The second kappa shape index (κ2) is 7.61. The van der Waals surface area contributed by atoms with Gasteiger partial charge in [0.15, 0.2) is 0 Å². The van der Waals surface area contributed by atoms with E-state index < -0.39 is 20.9 Å². The van der Waals surface area contributed by atoms with Crippen LogP contribution in [0.4, 0.5) is 10.7 Å². The summed E-state index contributed by atoms with van der Waals surface area (Å²) in [6.07, 6.45) is 1.63. The van der Waals surface area contributed by atoms with Gasteiger partial charge >= 0.3 is 5.00 Å². The number of thiophene rings is 1. The molecule has 0 radical (unpaired) electrons. The first-order chi connectivity index (χ1) is 13.1. The van der Waals surface area contributed by atoms with Gasteiger partial charge in [0.1, 0.15) is 0 Å². The van der Waals surface area contributed by atoms with Gasteiger partial charge in [-0.1, -0.05) is 25.2 Å². The summed E-state index contributed by atoms with van der Waals surface area (Å²) in [4.78, 5) is 22.7. The molecule has 2 aromatic rings. The summed E-state index contributed by atoms with van der Waals surface area (Å²) in [5.74, 6) is -0.480. The second-order valence-electron chi connectivity index (χ2n) is 7.44. The Hall–Kier alpha value is -2.30. The zero-order chi connectivity index (χ0) is 20.5. The molecule has 1 saturated heterocycles. The van der Waals surface area contributed by atoms with Crippen molar-refractivity contribution in [3.05, 3.63) is 51.4 Å². The third-order valence-electron chi connectivity index (χ3n) is 4.82. The number of sulfonamides is 1. The van der Waals surface area contributed by atoms with E-state index >= 15 is 0 Å². The molecule has 0 saturated carbocycles. The van der Waals surface area contributed by atoms with Crippen molar-refractivity contribution in [1.29, 1.82) is 0 Å². The van der Waals surface area contributed by atoms with Crippen LogP contribution in [0.2, 0.25) is 0 Å². The van der Waals surface area contributed by atoms with Crippen molar-refractivity contribution >= 4 is 38.0 Å². The smallest absolute Gasteiger partial charge is 0.321 e. The van der Waals surface area contributed by atoms with E-state index in [-0.39, 0.29) is 20.2 Å². The van der Waals surface area contributed by atoms with Crippen molar-refractivity contribution in [2.24, 2.45) is 5.41 Å². The predicted molar refractivity (Wildman–Crippen MR) is 107 cm³/mol. The second-order valence-corrected chi connectivity index (χ2v) is 10.4. The molecule has 2 heterocycles. The molecule has 150 valence electrons. The first kappa shape index (κ1) is 20.4. The SMILES string of the molecule is CC1(C)CCN(S(=O)(=O)c2ccc(NC(=O)c3ccc([N+](=O)[O-])s3)cc2)CC1. The molecule has 28 heavy (non-hydrogen) atoms. The first-order valence-corrected chi connectivity index (χ1v) is 11.0. The van der Waals surface area contributed by atoms with E-state index in [2.05, 4.69) is 19.2 Å². The van der Waals surface area contributed by atoms with Gasteiger partial charge in [-0.3, -0.25) is 14.9 Å². The molecule has 1 aromatic carbocycles. The van der Waals surface area contributed by atoms with Gasteiger partial charge in [0, 0.05) is 24.8 Å². The number of benzene rings is 1. The van der Waals surface area contributed by atoms with Gasteiger partial charge in [0.2, 0.25) is 10.0 Å². The number of rotatable bonds is 5. The normalized spacial score (nSPS) is 17.2. The summed E-state index contributed by atoms with van der Waals surface area (Å²) in [7, 11) is -3.57. The molecule has 1 aromatic heterocycles. The minimum Gasteiger partial charge on any atom is -0.321 e. The molecular weight excluding hydrogens is 402 g/mol. The number of nitrogens with zero attached hydrogens (tertiary/aromatic N) is 2. The highest BCUT2D eigenvalue weighted by atomic mass is 32.2. The summed E-state index contributed by atoms with van der Waals surface area (Å²) in [6, 6.07) is 8.61. The van der Waals surface area contributed by atoms with E-state index in [4.69, 9.17) is 0 Å². The number of hydrogen-bond acceptors (Lipinski definition) is 6. The van der Waals surface area contributed by atoms with Crippen LogP contribution in [0.3, 0.4) is 0 Å². The van der Waals surface area contributed by atoms with Gasteiger partial charge in [0.05, 0.1) is 14.7 Å². The monoisotopic (exact) mass is 423 g/mol. The lowest BCUT2D eigenvalue weighted by molar-refractivity contribution is -0.380. The Bertz CT molecular complexity index is 986. The van der Waals surface area contributed by atoms with Crippen molar-refractivity contribution in [3.8, 4) is 0 Å². The van der Waals surface area contributed by atoms with E-state index in [0.29, 0.717) is 18.8 Å². The minimum atomic E-state index is -3.57. The molecule has 0 spiro atoms. The van der Waals surface area contributed by atoms with Crippen LogP contribution in [0.25, 0.3) is 0 Å². The predicted octanol–water partition coefficient (Wildman–Crippen LogP) is 3.72. The third kappa shape index (κ3) is 4.40. The van der Waals surface area contributed by atoms with Gasteiger partial charge < -0.3 is 5.32 Å². The van der Waals surface area contributed by atoms with Crippen LogP contribution in [0.15, 0.2) is 41.3 Å². The number of anilines is 1. The van der Waals surface area contributed by atoms with Crippen LogP contribution in [0.5, 0.6) is 0 Å². The van der Waals surface area contributed by atoms with Crippen LogP contribution in [-0.2, 0) is 10.0 Å². The standard InChI is InChI=1S/C18H21N3O5S2/c1-18(2)9-11-20(12-10-18)28(25,26)14-5-3-13(4-6-14)19-17(22)15-7-8-16(27-15)21(23)24/h3-8H,9-12H2,1-2H3,(H,19,22). The lowest BCUT2D eigenvalue weighted by Crippen LogP contribution is -2.41. The van der Waals surface area contributed by atoms with Crippen LogP contribution >= 0.6 is 11.3 Å². The average molecular weight is 424 g/mol. The van der Waals surface area contributed by atoms with Gasteiger partial charge in [-0.2, -0.15) is 4.31 Å². The van der Waals surface area contributed by atoms with Crippen LogP contribution in [0.1, 0.15) is 36.4 Å². The molecule has 1 aliphatic heterocycles. The Kier molecular flexibility index (Phi) is 5.55. The number of amides is 1. The molecule has 1 aliphatic rings. The van der Waals surface area contributed by atoms with Crippen molar-refractivity contribution < 1.29 is 18.1 Å². The topological polar surface area (TPSA) is 110 Å². The number of nitro groups is 1. The van der Waals surface area contributed by atoms with E-state index in [1.165, 1.54) is 40.7 Å². The van der Waals surface area contributed by atoms with Crippen LogP contribution in [0, 0.1) is 15.5 Å². The van der Waals surface area contributed by atoms with Crippen LogP contribution in [-0.4, -0.2) is 36.6 Å². The Morgan fingerprint density at radius 3 is 2.29 bits per heavy atom. The van der Waals surface area contributed by atoms with Crippen molar-refractivity contribution in [2.45, 2.75) is 31.6 Å². The van der Waals surface area contributed by atoms with Crippen LogP contribution < -0.4 is 5.32 Å². The number of carbonyl (C=O) groups is 1. The Morgan fingerprint density at radius 2 is 1.75 bits per heavy atom. The number of carbonyl (C=O) groups excluding carboxylic acids is 1. The molecule has 0 atom stereocenters. The maximum absolute atomic E-state index is 12.8. The lowest BCUT2D eigenvalue weighted by Gasteiger charge is -2.36. The van der Waals surface area contributed by atoms with Gasteiger partial charge in [0.25, 0.3) is 5.91 Å². The fourth-order valence-corrected chi connectivity index (χ4v) is 5.09. The largest absolute Gasteiger partial charge is 0.324 e. The maximum atomic E-state index is 12.8.